The Morgan fingerprint density at radius 2 is 1.71 bits per heavy atom. The fourth-order valence-corrected chi connectivity index (χ4v) is 4.85. The van der Waals surface area contributed by atoms with Crippen molar-refractivity contribution in [2.45, 2.75) is 45.2 Å². The third kappa shape index (κ3) is 3.65. The van der Waals surface area contributed by atoms with Crippen LogP contribution in [-0.2, 0) is 16.8 Å². The lowest BCUT2D eigenvalue weighted by Gasteiger charge is -2.27. The SMILES string of the molecule is CC1(C)CN(C(=O)c2cccnc2)c2cc(N3C(=O)N(Cc4ccncc4)C(C)(C)C3=O)ccc21. The number of aromatic nitrogens is 2. The molecule has 1 fully saturated rings. The summed E-state index contributed by atoms with van der Waals surface area (Å²) < 4.78 is 0. The van der Waals surface area contributed by atoms with E-state index in [9.17, 15) is 14.4 Å². The van der Waals surface area contributed by atoms with E-state index >= 15 is 0 Å². The van der Waals surface area contributed by atoms with Crippen LogP contribution in [0.4, 0.5) is 16.2 Å². The fraction of sp³-hybridized carbons (Fsp3) is 0.296. The molecule has 2 aliphatic rings. The Kier molecular flexibility index (Phi) is 5.20. The summed E-state index contributed by atoms with van der Waals surface area (Å²) in [6.45, 7) is 8.44. The summed E-state index contributed by atoms with van der Waals surface area (Å²) in [6.07, 6.45) is 6.50. The van der Waals surface area contributed by atoms with Crippen LogP contribution >= 0.6 is 0 Å². The second kappa shape index (κ2) is 8.01. The predicted octanol–water partition coefficient (Wildman–Crippen LogP) is 4.16. The van der Waals surface area contributed by atoms with Crippen LogP contribution in [0.1, 0.15) is 49.2 Å². The van der Waals surface area contributed by atoms with Crippen molar-refractivity contribution in [1.82, 2.24) is 14.9 Å². The van der Waals surface area contributed by atoms with Gasteiger partial charge in [0.15, 0.2) is 0 Å². The molecule has 4 heterocycles. The van der Waals surface area contributed by atoms with Crippen LogP contribution < -0.4 is 9.80 Å². The number of imide groups is 1. The van der Waals surface area contributed by atoms with Crippen LogP contribution in [0, 0.1) is 0 Å². The molecule has 0 bridgehead atoms. The molecule has 2 aromatic heterocycles. The van der Waals surface area contributed by atoms with Gasteiger partial charge in [0.1, 0.15) is 5.54 Å². The van der Waals surface area contributed by atoms with Gasteiger partial charge in [-0.3, -0.25) is 19.6 Å². The van der Waals surface area contributed by atoms with E-state index in [1.54, 1.807) is 72.7 Å². The molecule has 1 saturated heterocycles. The first-order valence-corrected chi connectivity index (χ1v) is 11.5. The third-order valence-corrected chi connectivity index (χ3v) is 6.88. The fourth-order valence-electron chi connectivity index (χ4n) is 4.85. The van der Waals surface area contributed by atoms with Gasteiger partial charge in [-0.05, 0) is 61.4 Å². The van der Waals surface area contributed by atoms with E-state index in [1.165, 1.54) is 4.90 Å². The van der Waals surface area contributed by atoms with Crippen molar-refractivity contribution >= 4 is 29.2 Å². The number of anilines is 2. The minimum Gasteiger partial charge on any atom is -0.307 e. The number of hydrogen-bond acceptors (Lipinski definition) is 5. The maximum absolute atomic E-state index is 13.5. The molecule has 2 aliphatic heterocycles. The van der Waals surface area contributed by atoms with Crippen LogP contribution in [0.15, 0.2) is 67.3 Å². The van der Waals surface area contributed by atoms with Gasteiger partial charge in [0.2, 0.25) is 0 Å². The Bertz CT molecular complexity index is 1320. The van der Waals surface area contributed by atoms with Crippen LogP contribution in [-0.4, -0.2) is 44.8 Å². The molecule has 0 unspecified atom stereocenters. The lowest BCUT2D eigenvalue weighted by atomic mass is 9.87. The van der Waals surface area contributed by atoms with Gasteiger partial charge in [0.05, 0.1) is 11.3 Å². The first kappa shape index (κ1) is 22.7. The molecular formula is C27H27N5O3. The number of nitrogens with zero attached hydrogens (tertiary/aromatic N) is 5. The van der Waals surface area contributed by atoms with E-state index in [4.69, 9.17) is 0 Å². The van der Waals surface area contributed by atoms with Gasteiger partial charge in [-0.2, -0.15) is 0 Å². The van der Waals surface area contributed by atoms with E-state index in [1.807, 2.05) is 18.2 Å². The molecule has 0 radical (unpaired) electrons. The van der Waals surface area contributed by atoms with E-state index in [0.717, 1.165) is 11.1 Å². The van der Waals surface area contributed by atoms with Crippen LogP contribution in [0.3, 0.4) is 0 Å². The molecule has 0 atom stereocenters. The summed E-state index contributed by atoms with van der Waals surface area (Å²) in [4.78, 5) is 52.9. The summed E-state index contributed by atoms with van der Waals surface area (Å²) in [5.41, 5.74) is 2.21. The average molecular weight is 470 g/mol. The van der Waals surface area contributed by atoms with E-state index in [-0.39, 0.29) is 23.3 Å². The highest BCUT2D eigenvalue weighted by Crippen LogP contribution is 2.44. The number of urea groups is 1. The molecule has 4 amide bonds. The number of amides is 4. The van der Waals surface area contributed by atoms with Crippen molar-refractivity contribution < 1.29 is 14.4 Å². The van der Waals surface area contributed by atoms with Crippen molar-refractivity contribution in [1.29, 1.82) is 0 Å². The normalized spacial score (nSPS) is 18.2. The third-order valence-electron chi connectivity index (χ3n) is 6.88. The Morgan fingerprint density at radius 1 is 0.971 bits per heavy atom. The standard InChI is InChI=1S/C27H27N5O3/c1-26(2)17-30(23(33)19-6-5-11-29-15-19)22-14-20(7-8-21(22)26)32-24(34)27(3,4)31(25(32)35)16-18-9-12-28-13-10-18/h5-15H,16-17H2,1-4H3. The van der Waals surface area contributed by atoms with Crippen LogP contribution in [0.25, 0.3) is 0 Å². The predicted molar refractivity (Wildman–Crippen MR) is 132 cm³/mol. The maximum atomic E-state index is 13.5. The zero-order chi connectivity index (χ0) is 25.0. The van der Waals surface area contributed by atoms with Crippen LogP contribution in [0.2, 0.25) is 0 Å². The highest BCUT2D eigenvalue weighted by Gasteiger charge is 2.52. The Balaban J connectivity index is 1.52. The summed E-state index contributed by atoms with van der Waals surface area (Å²) in [7, 11) is 0. The minimum atomic E-state index is -1.02. The first-order valence-electron chi connectivity index (χ1n) is 11.5. The van der Waals surface area contributed by atoms with Crippen molar-refractivity contribution in [2.24, 2.45) is 0 Å². The highest BCUT2D eigenvalue weighted by molar-refractivity contribution is 6.23. The van der Waals surface area contributed by atoms with Gasteiger partial charge < -0.3 is 9.80 Å². The molecule has 0 N–H and O–H groups in total. The molecule has 8 nitrogen and oxygen atoms in total. The summed E-state index contributed by atoms with van der Waals surface area (Å²) >= 11 is 0. The smallest absolute Gasteiger partial charge is 0.307 e. The molecule has 178 valence electrons. The van der Waals surface area contributed by atoms with Gasteiger partial charge in [-0.15, -0.1) is 0 Å². The zero-order valence-electron chi connectivity index (χ0n) is 20.2. The van der Waals surface area contributed by atoms with Gasteiger partial charge in [0, 0.05) is 49.0 Å². The average Bonchev–Trinajstić information content (AvgIpc) is 3.21. The zero-order valence-corrected chi connectivity index (χ0v) is 20.2. The maximum Gasteiger partial charge on any atom is 0.332 e. The molecule has 0 saturated carbocycles. The topological polar surface area (TPSA) is 86.7 Å². The number of fused-ring (bicyclic) bond motifs is 1. The number of rotatable bonds is 4. The van der Waals surface area contributed by atoms with Crippen molar-refractivity contribution in [2.75, 3.05) is 16.3 Å². The number of pyridine rings is 2. The monoisotopic (exact) mass is 469 g/mol. The van der Waals surface area contributed by atoms with E-state index in [0.29, 0.717) is 30.0 Å². The molecule has 0 aliphatic carbocycles. The molecule has 3 aromatic rings. The second-order valence-electron chi connectivity index (χ2n) is 10.1. The lowest BCUT2D eigenvalue weighted by Crippen LogP contribution is -2.43. The number of carbonyl (C=O) groups excluding carboxylic acids is 3. The summed E-state index contributed by atoms with van der Waals surface area (Å²) in [5, 5.41) is 0. The van der Waals surface area contributed by atoms with Crippen molar-refractivity contribution in [3.8, 4) is 0 Å². The van der Waals surface area contributed by atoms with Crippen molar-refractivity contribution in [3.05, 3.63) is 83.9 Å². The molecule has 1 aromatic carbocycles. The Labute approximate surface area is 204 Å². The second-order valence-corrected chi connectivity index (χ2v) is 10.1. The molecule has 8 heteroatoms. The highest BCUT2D eigenvalue weighted by atomic mass is 16.2. The summed E-state index contributed by atoms with van der Waals surface area (Å²) in [5.74, 6) is -0.473. The minimum absolute atomic E-state index is 0.166. The van der Waals surface area contributed by atoms with E-state index in [2.05, 4.69) is 23.8 Å². The molecule has 35 heavy (non-hydrogen) atoms. The number of benzene rings is 1. The quantitative estimate of drug-likeness (QED) is 0.536. The molecule has 0 spiro atoms. The first-order chi connectivity index (χ1) is 16.6. The van der Waals surface area contributed by atoms with Crippen LogP contribution in [0.5, 0.6) is 0 Å². The van der Waals surface area contributed by atoms with Gasteiger partial charge in [-0.1, -0.05) is 19.9 Å². The lowest BCUT2D eigenvalue weighted by molar-refractivity contribution is -0.123. The number of hydrogen-bond donors (Lipinski definition) is 0. The van der Waals surface area contributed by atoms with Gasteiger partial charge in [-0.25, -0.2) is 9.69 Å². The Hall–Kier alpha value is -4.07. The molecule has 5 rings (SSSR count). The van der Waals surface area contributed by atoms with Gasteiger partial charge >= 0.3 is 6.03 Å². The largest absolute Gasteiger partial charge is 0.332 e. The Morgan fingerprint density at radius 3 is 2.40 bits per heavy atom. The number of carbonyl (C=O) groups is 3. The molecular weight excluding hydrogens is 442 g/mol. The summed E-state index contributed by atoms with van der Waals surface area (Å²) in [6, 6.07) is 12.2. The van der Waals surface area contributed by atoms with Crippen molar-refractivity contribution in [3.63, 3.8) is 0 Å². The van der Waals surface area contributed by atoms with E-state index < -0.39 is 5.54 Å². The van der Waals surface area contributed by atoms with Gasteiger partial charge in [0.25, 0.3) is 11.8 Å².